The van der Waals surface area contributed by atoms with Crippen LogP contribution in [0, 0.1) is 0 Å². The molecule has 0 radical (unpaired) electrons. The number of fused-ring (bicyclic) bond motifs is 2. The van der Waals surface area contributed by atoms with Gasteiger partial charge in [-0.05, 0) is 22.9 Å². The predicted molar refractivity (Wildman–Crippen MR) is 82.5 cm³/mol. The largest absolute Gasteiger partial charge is 0.383 e. The minimum atomic E-state index is 0.678. The molecule has 4 aromatic rings. The standard InChI is InChI=1S/C17H13N3/c18-17-16(19-15-10-3-4-11-20(15)17)14-9-5-7-12-6-1-2-8-13(12)14/h1-11H,18H2. The van der Waals surface area contributed by atoms with Gasteiger partial charge < -0.3 is 5.73 Å². The third kappa shape index (κ3) is 1.50. The van der Waals surface area contributed by atoms with Crippen LogP contribution in [0.3, 0.4) is 0 Å². The first-order chi connectivity index (χ1) is 9.84. The summed E-state index contributed by atoms with van der Waals surface area (Å²) in [6.07, 6.45) is 1.94. The Morgan fingerprint density at radius 2 is 1.65 bits per heavy atom. The van der Waals surface area contributed by atoms with E-state index in [9.17, 15) is 0 Å². The fraction of sp³-hybridized carbons (Fsp3) is 0. The Balaban J connectivity index is 2.09. The van der Waals surface area contributed by atoms with Gasteiger partial charge in [-0.2, -0.15) is 0 Å². The second-order valence-electron chi connectivity index (χ2n) is 4.80. The molecule has 2 aromatic heterocycles. The van der Waals surface area contributed by atoms with Crippen molar-refractivity contribution in [3.8, 4) is 11.3 Å². The molecule has 2 aromatic carbocycles. The van der Waals surface area contributed by atoms with E-state index in [4.69, 9.17) is 5.73 Å². The highest BCUT2D eigenvalue weighted by molar-refractivity contribution is 5.98. The fourth-order valence-corrected chi connectivity index (χ4v) is 2.64. The number of pyridine rings is 1. The van der Waals surface area contributed by atoms with Crippen LogP contribution in [0.1, 0.15) is 0 Å². The van der Waals surface area contributed by atoms with Crippen molar-refractivity contribution in [2.75, 3.05) is 5.73 Å². The minimum Gasteiger partial charge on any atom is -0.383 e. The molecule has 0 aliphatic rings. The average molecular weight is 259 g/mol. The molecular formula is C17H13N3. The zero-order valence-electron chi connectivity index (χ0n) is 10.8. The van der Waals surface area contributed by atoms with Crippen LogP contribution in [0.15, 0.2) is 66.9 Å². The van der Waals surface area contributed by atoms with Crippen LogP contribution < -0.4 is 5.73 Å². The van der Waals surface area contributed by atoms with Gasteiger partial charge >= 0.3 is 0 Å². The quantitative estimate of drug-likeness (QED) is 0.566. The molecule has 0 aliphatic heterocycles. The van der Waals surface area contributed by atoms with E-state index < -0.39 is 0 Å². The second-order valence-corrected chi connectivity index (χ2v) is 4.80. The van der Waals surface area contributed by atoms with Gasteiger partial charge in [0.05, 0.1) is 0 Å². The summed E-state index contributed by atoms with van der Waals surface area (Å²) >= 11 is 0. The summed E-state index contributed by atoms with van der Waals surface area (Å²) in [5.74, 6) is 0.678. The van der Waals surface area contributed by atoms with Crippen molar-refractivity contribution >= 4 is 22.2 Å². The number of nitrogens with zero attached hydrogens (tertiary/aromatic N) is 2. The molecule has 2 heterocycles. The molecule has 0 saturated carbocycles. The van der Waals surface area contributed by atoms with Crippen LogP contribution in [-0.2, 0) is 0 Å². The van der Waals surface area contributed by atoms with Crippen molar-refractivity contribution in [3.05, 3.63) is 66.9 Å². The molecule has 0 atom stereocenters. The van der Waals surface area contributed by atoms with Crippen LogP contribution in [-0.4, -0.2) is 9.38 Å². The number of rotatable bonds is 1. The van der Waals surface area contributed by atoms with Crippen molar-refractivity contribution in [1.82, 2.24) is 9.38 Å². The molecule has 96 valence electrons. The van der Waals surface area contributed by atoms with Crippen molar-refractivity contribution in [2.24, 2.45) is 0 Å². The number of imidazole rings is 1. The van der Waals surface area contributed by atoms with Gasteiger partial charge in [-0.1, -0.05) is 48.5 Å². The fourth-order valence-electron chi connectivity index (χ4n) is 2.64. The van der Waals surface area contributed by atoms with E-state index in [0.717, 1.165) is 16.9 Å². The van der Waals surface area contributed by atoms with Crippen LogP contribution in [0.4, 0.5) is 5.82 Å². The molecule has 3 nitrogen and oxygen atoms in total. The molecule has 3 heteroatoms. The van der Waals surface area contributed by atoms with Crippen LogP contribution in [0.25, 0.3) is 27.7 Å². The first-order valence-corrected chi connectivity index (χ1v) is 6.55. The van der Waals surface area contributed by atoms with Gasteiger partial charge in [-0.25, -0.2) is 4.98 Å². The van der Waals surface area contributed by atoms with Crippen LogP contribution in [0.2, 0.25) is 0 Å². The monoisotopic (exact) mass is 259 g/mol. The Labute approximate surface area is 116 Å². The molecule has 0 saturated heterocycles. The van der Waals surface area contributed by atoms with E-state index in [1.807, 2.05) is 47.0 Å². The van der Waals surface area contributed by atoms with Gasteiger partial charge in [-0.3, -0.25) is 4.40 Å². The van der Waals surface area contributed by atoms with Gasteiger partial charge in [-0.15, -0.1) is 0 Å². The maximum Gasteiger partial charge on any atom is 0.139 e. The predicted octanol–water partition coefficient (Wildman–Crippen LogP) is 3.74. The summed E-state index contributed by atoms with van der Waals surface area (Å²) in [6, 6.07) is 20.4. The highest BCUT2D eigenvalue weighted by atomic mass is 15.1. The molecule has 0 spiro atoms. The number of hydrogen-bond acceptors (Lipinski definition) is 2. The van der Waals surface area contributed by atoms with E-state index >= 15 is 0 Å². The number of hydrogen-bond donors (Lipinski definition) is 1. The van der Waals surface area contributed by atoms with Gasteiger partial charge in [0.1, 0.15) is 17.2 Å². The summed E-state index contributed by atoms with van der Waals surface area (Å²) in [5.41, 5.74) is 9.05. The summed E-state index contributed by atoms with van der Waals surface area (Å²) in [6.45, 7) is 0. The van der Waals surface area contributed by atoms with Crippen molar-refractivity contribution in [2.45, 2.75) is 0 Å². The van der Waals surface area contributed by atoms with Crippen LogP contribution >= 0.6 is 0 Å². The normalized spacial score (nSPS) is 11.2. The lowest BCUT2D eigenvalue weighted by atomic mass is 10.0. The molecule has 0 amide bonds. The highest BCUT2D eigenvalue weighted by Crippen LogP contribution is 2.32. The zero-order valence-corrected chi connectivity index (χ0v) is 10.8. The van der Waals surface area contributed by atoms with Crippen molar-refractivity contribution in [1.29, 1.82) is 0 Å². The lowest BCUT2D eigenvalue weighted by Crippen LogP contribution is -1.93. The Kier molecular flexibility index (Phi) is 2.27. The lowest BCUT2D eigenvalue weighted by Gasteiger charge is -2.04. The van der Waals surface area contributed by atoms with Gasteiger partial charge in [0, 0.05) is 11.8 Å². The smallest absolute Gasteiger partial charge is 0.139 e. The van der Waals surface area contributed by atoms with E-state index in [1.165, 1.54) is 10.8 Å². The molecule has 0 bridgehead atoms. The SMILES string of the molecule is Nc1c(-c2cccc3ccccc23)nc2ccccn12. The van der Waals surface area contributed by atoms with Crippen molar-refractivity contribution < 1.29 is 0 Å². The Morgan fingerprint density at radius 3 is 2.55 bits per heavy atom. The summed E-state index contributed by atoms with van der Waals surface area (Å²) < 4.78 is 1.91. The molecule has 0 aliphatic carbocycles. The van der Waals surface area contributed by atoms with Gasteiger partial charge in [0.15, 0.2) is 0 Å². The molecule has 20 heavy (non-hydrogen) atoms. The minimum absolute atomic E-state index is 0.678. The number of nitrogen functional groups attached to an aromatic ring is 1. The first-order valence-electron chi connectivity index (χ1n) is 6.55. The van der Waals surface area contributed by atoms with E-state index in [0.29, 0.717) is 5.82 Å². The van der Waals surface area contributed by atoms with Crippen molar-refractivity contribution in [3.63, 3.8) is 0 Å². The number of benzene rings is 2. The average Bonchev–Trinajstić information content (AvgIpc) is 2.84. The third-order valence-corrected chi connectivity index (χ3v) is 3.61. The maximum absolute atomic E-state index is 6.26. The van der Waals surface area contributed by atoms with E-state index in [1.54, 1.807) is 0 Å². The molecule has 2 N–H and O–H groups in total. The van der Waals surface area contributed by atoms with Gasteiger partial charge in [0.2, 0.25) is 0 Å². The van der Waals surface area contributed by atoms with E-state index in [2.05, 4.69) is 29.2 Å². The summed E-state index contributed by atoms with van der Waals surface area (Å²) in [5, 5.41) is 2.37. The number of anilines is 1. The van der Waals surface area contributed by atoms with E-state index in [-0.39, 0.29) is 0 Å². The molecule has 0 unspecified atom stereocenters. The number of nitrogens with two attached hydrogens (primary N) is 1. The number of aromatic nitrogens is 2. The lowest BCUT2D eigenvalue weighted by molar-refractivity contribution is 1.20. The van der Waals surface area contributed by atoms with Gasteiger partial charge in [0.25, 0.3) is 0 Å². The Morgan fingerprint density at radius 1 is 0.850 bits per heavy atom. The zero-order chi connectivity index (χ0) is 13.5. The summed E-state index contributed by atoms with van der Waals surface area (Å²) in [7, 11) is 0. The second kappa shape index (κ2) is 4.10. The Bertz CT molecular complexity index is 916. The molecule has 4 rings (SSSR count). The molecular weight excluding hydrogens is 246 g/mol. The molecule has 0 fully saturated rings. The Hall–Kier alpha value is -2.81. The summed E-state index contributed by atoms with van der Waals surface area (Å²) in [4.78, 5) is 4.67. The topological polar surface area (TPSA) is 43.3 Å². The van der Waals surface area contributed by atoms with Crippen LogP contribution in [0.5, 0.6) is 0 Å². The maximum atomic E-state index is 6.26. The third-order valence-electron chi connectivity index (χ3n) is 3.61. The first kappa shape index (κ1) is 11.1. The highest BCUT2D eigenvalue weighted by Gasteiger charge is 2.12.